The molecule has 1 aromatic carbocycles. The maximum absolute atomic E-state index is 15.0. The van der Waals surface area contributed by atoms with Crippen molar-refractivity contribution in [1.82, 2.24) is 15.6 Å². The van der Waals surface area contributed by atoms with E-state index in [4.69, 9.17) is 5.73 Å². The zero-order chi connectivity index (χ0) is 22.4. The van der Waals surface area contributed by atoms with Crippen LogP contribution in [-0.2, 0) is 0 Å². The van der Waals surface area contributed by atoms with Gasteiger partial charge in [0.2, 0.25) is 0 Å². The number of nitrogens with two attached hydrogens (primary N) is 1. The monoisotopic (exact) mass is 453 g/mol. The highest BCUT2D eigenvalue weighted by Gasteiger charge is 2.33. The first kappa shape index (κ1) is 21.2. The first-order valence-corrected chi connectivity index (χ1v) is 11.9. The highest BCUT2D eigenvalue weighted by molar-refractivity contribution is 7.21. The number of aryl methyl sites for hydroxylation is 1. The van der Waals surface area contributed by atoms with Gasteiger partial charge in [-0.3, -0.25) is 4.79 Å². The molecule has 0 spiro atoms. The van der Waals surface area contributed by atoms with E-state index in [9.17, 15) is 9.18 Å². The predicted octanol–water partition coefficient (Wildman–Crippen LogP) is 3.80. The number of anilines is 2. The lowest BCUT2D eigenvalue weighted by Gasteiger charge is -2.35. The third kappa shape index (κ3) is 3.93. The van der Waals surface area contributed by atoms with Gasteiger partial charge in [-0.05, 0) is 55.5 Å². The summed E-state index contributed by atoms with van der Waals surface area (Å²) in [4.78, 5) is 20.6. The van der Waals surface area contributed by atoms with Gasteiger partial charge >= 0.3 is 0 Å². The SMILES string of the molecule is Cc1ccc2c(N)c(C(=O)NC[C@H](C)c3ccc(N4CC5CCC(C4)N5)c(F)c3)sc2n1. The third-order valence-electron chi connectivity index (χ3n) is 6.61. The second kappa shape index (κ2) is 8.33. The summed E-state index contributed by atoms with van der Waals surface area (Å²) in [6.07, 6.45) is 2.33. The van der Waals surface area contributed by atoms with Crippen molar-refractivity contribution < 1.29 is 9.18 Å². The molecular formula is C24H28FN5OS. The van der Waals surface area contributed by atoms with E-state index in [2.05, 4.69) is 20.5 Å². The van der Waals surface area contributed by atoms with Crippen molar-refractivity contribution in [3.8, 4) is 0 Å². The molecule has 4 heterocycles. The molecule has 3 atom stereocenters. The Bertz CT molecular complexity index is 1170. The minimum absolute atomic E-state index is 0.0299. The van der Waals surface area contributed by atoms with E-state index in [1.165, 1.54) is 11.3 Å². The van der Waals surface area contributed by atoms with Crippen molar-refractivity contribution in [2.45, 2.75) is 44.7 Å². The zero-order valence-corrected chi connectivity index (χ0v) is 19.1. The lowest BCUT2D eigenvalue weighted by atomic mass is 10.00. The van der Waals surface area contributed by atoms with Crippen LogP contribution in [0.1, 0.15) is 46.6 Å². The zero-order valence-electron chi connectivity index (χ0n) is 18.3. The lowest BCUT2D eigenvalue weighted by Crippen LogP contribution is -2.51. The van der Waals surface area contributed by atoms with Crippen LogP contribution in [0.5, 0.6) is 0 Å². The number of fused-ring (bicyclic) bond motifs is 3. The molecule has 1 amide bonds. The highest BCUT2D eigenvalue weighted by atomic mass is 32.1. The van der Waals surface area contributed by atoms with Gasteiger partial charge in [0.05, 0.1) is 11.4 Å². The fraction of sp³-hybridized carbons (Fsp3) is 0.417. The third-order valence-corrected chi connectivity index (χ3v) is 7.72. The number of nitrogens with zero attached hydrogens (tertiary/aromatic N) is 2. The van der Waals surface area contributed by atoms with Crippen LogP contribution in [0.3, 0.4) is 0 Å². The van der Waals surface area contributed by atoms with Crippen molar-refractivity contribution >= 4 is 38.8 Å². The van der Waals surface area contributed by atoms with Crippen molar-refractivity contribution in [2.75, 3.05) is 30.3 Å². The number of carbonyl (C=O) groups excluding carboxylic acids is 1. The quantitative estimate of drug-likeness (QED) is 0.547. The van der Waals surface area contributed by atoms with E-state index < -0.39 is 0 Å². The van der Waals surface area contributed by atoms with Crippen LogP contribution in [-0.4, -0.2) is 42.6 Å². The van der Waals surface area contributed by atoms with Gasteiger partial charge in [-0.25, -0.2) is 9.37 Å². The largest absolute Gasteiger partial charge is 0.397 e. The van der Waals surface area contributed by atoms with Crippen molar-refractivity contribution in [2.24, 2.45) is 0 Å². The molecule has 2 fully saturated rings. The molecule has 5 rings (SSSR count). The minimum atomic E-state index is -0.219. The molecule has 2 unspecified atom stereocenters. The number of rotatable bonds is 5. The Balaban J connectivity index is 1.25. The summed E-state index contributed by atoms with van der Waals surface area (Å²) in [5.41, 5.74) is 9.08. The number of hydrogen-bond donors (Lipinski definition) is 3. The van der Waals surface area contributed by atoms with Gasteiger partial charge in [0.25, 0.3) is 5.91 Å². The number of nitrogens with one attached hydrogen (secondary N) is 2. The van der Waals surface area contributed by atoms with Gasteiger partial charge in [0.15, 0.2) is 0 Å². The summed E-state index contributed by atoms with van der Waals surface area (Å²) in [6, 6.07) is 10.2. The van der Waals surface area contributed by atoms with Crippen molar-refractivity contribution in [3.05, 3.63) is 52.3 Å². The number of halogens is 1. The van der Waals surface area contributed by atoms with E-state index in [0.29, 0.717) is 34.9 Å². The highest BCUT2D eigenvalue weighted by Crippen LogP contribution is 2.33. The molecule has 0 aliphatic carbocycles. The number of hydrogen-bond acceptors (Lipinski definition) is 6. The van der Waals surface area contributed by atoms with E-state index in [-0.39, 0.29) is 17.6 Å². The van der Waals surface area contributed by atoms with Gasteiger partial charge < -0.3 is 21.3 Å². The molecule has 2 aliphatic rings. The smallest absolute Gasteiger partial charge is 0.263 e. The Morgan fingerprint density at radius 1 is 1.31 bits per heavy atom. The molecule has 2 saturated heterocycles. The number of nitrogen functional groups attached to an aromatic ring is 1. The van der Waals surface area contributed by atoms with Crippen molar-refractivity contribution in [1.29, 1.82) is 0 Å². The van der Waals surface area contributed by atoms with Crippen LogP contribution in [0.15, 0.2) is 30.3 Å². The molecule has 8 heteroatoms. The summed E-state index contributed by atoms with van der Waals surface area (Å²) >= 11 is 1.30. The van der Waals surface area contributed by atoms with Gasteiger partial charge in [0.1, 0.15) is 15.5 Å². The van der Waals surface area contributed by atoms with Gasteiger partial charge in [-0.1, -0.05) is 13.0 Å². The van der Waals surface area contributed by atoms with Crippen LogP contribution >= 0.6 is 11.3 Å². The Hall–Kier alpha value is -2.71. The molecule has 0 radical (unpaired) electrons. The van der Waals surface area contributed by atoms with Crippen LogP contribution in [0.2, 0.25) is 0 Å². The number of thiophene rings is 1. The fourth-order valence-electron chi connectivity index (χ4n) is 4.78. The molecule has 6 nitrogen and oxygen atoms in total. The number of amides is 1. The number of aromatic nitrogens is 1. The molecule has 4 N–H and O–H groups in total. The molecule has 3 aromatic rings. The minimum Gasteiger partial charge on any atom is -0.397 e. The Morgan fingerprint density at radius 2 is 2.06 bits per heavy atom. The van der Waals surface area contributed by atoms with Crippen LogP contribution in [0, 0.1) is 12.7 Å². The Kier molecular flexibility index (Phi) is 5.51. The maximum atomic E-state index is 15.0. The average molecular weight is 454 g/mol. The second-order valence-electron chi connectivity index (χ2n) is 9.01. The number of pyridine rings is 1. The molecule has 2 aliphatic heterocycles. The molecule has 0 saturated carbocycles. The standard InChI is InChI=1S/C24H28FN5OS/c1-13(10-27-23(31)22-21(26)18-7-3-14(2)28-24(18)32-22)15-4-8-20(19(25)9-15)30-11-16-5-6-17(12-30)29-16/h3-4,7-9,13,16-17,29H,5-6,10-12,26H2,1-2H3,(H,27,31)/t13-,16?,17?/m0/s1. The summed E-state index contributed by atoms with van der Waals surface area (Å²) in [7, 11) is 0. The summed E-state index contributed by atoms with van der Waals surface area (Å²) in [5, 5.41) is 7.34. The lowest BCUT2D eigenvalue weighted by molar-refractivity contribution is 0.0956. The number of carbonyl (C=O) groups is 1. The van der Waals surface area contributed by atoms with E-state index in [0.717, 1.165) is 47.4 Å². The topological polar surface area (TPSA) is 83.3 Å². The predicted molar refractivity (Wildman–Crippen MR) is 128 cm³/mol. The number of benzene rings is 1. The summed E-state index contributed by atoms with van der Waals surface area (Å²) in [6.45, 7) is 5.99. The first-order chi connectivity index (χ1) is 15.4. The normalized spacial score (nSPS) is 21.2. The molecule has 168 valence electrons. The summed E-state index contributed by atoms with van der Waals surface area (Å²) < 4.78 is 15.0. The van der Waals surface area contributed by atoms with E-state index >= 15 is 0 Å². The molecule has 2 bridgehead atoms. The van der Waals surface area contributed by atoms with Gasteiger partial charge in [0, 0.05) is 42.8 Å². The summed E-state index contributed by atoms with van der Waals surface area (Å²) in [5.74, 6) is -0.446. The van der Waals surface area contributed by atoms with Gasteiger partial charge in [-0.15, -0.1) is 11.3 Å². The van der Waals surface area contributed by atoms with Crippen LogP contribution in [0.25, 0.3) is 10.2 Å². The van der Waals surface area contributed by atoms with E-state index in [1.807, 2.05) is 38.1 Å². The Morgan fingerprint density at radius 3 is 2.78 bits per heavy atom. The molecule has 32 heavy (non-hydrogen) atoms. The average Bonchev–Trinajstić information content (AvgIpc) is 3.29. The fourth-order valence-corrected chi connectivity index (χ4v) is 5.84. The van der Waals surface area contributed by atoms with Crippen LogP contribution < -0.4 is 21.3 Å². The first-order valence-electron chi connectivity index (χ1n) is 11.1. The maximum Gasteiger partial charge on any atom is 0.263 e. The van der Waals surface area contributed by atoms with Crippen LogP contribution in [0.4, 0.5) is 15.8 Å². The van der Waals surface area contributed by atoms with Crippen molar-refractivity contribution in [3.63, 3.8) is 0 Å². The Labute approximate surface area is 191 Å². The molecule has 2 aromatic heterocycles. The number of piperazine rings is 1. The van der Waals surface area contributed by atoms with Gasteiger partial charge in [-0.2, -0.15) is 0 Å². The second-order valence-corrected chi connectivity index (χ2v) is 10.0. The van der Waals surface area contributed by atoms with E-state index in [1.54, 1.807) is 6.07 Å². The molecular weight excluding hydrogens is 425 g/mol.